The number of anilines is 1. The maximum absolute atomic E-state index is 12.0. The lowest BCUT2D eigenvalue weighted by Gasteiger charge is -2.07. The van der Waals surface area contributed by atoms with Gasteiger partial charge in [-0.3, -0.25) is 9.59 Å². The van der Waals surface area contributed by atoms with Crippen LogP contribution < -0.4 is 10.6 Å². The molecule has 2 N–H and O–H groups in total. The quantitative estimate of drug-likeness (QED) is 0.849. The highest BCUT2D eigenvalue weighted by Crippen LogP contribution is 2.12. The van der Waals surface area contributed by atoms with E-state index in [1.54, 1.807) is 36.4 Å². The predicted molar refractivity (Wildman–Crippen MR) is 92.9 cm³/mol. The summed E-state index contributed by atoms with van der Waals surface area (Å²) in [5.41, 5.74) is 2.13. The second kappa shape index (κ2) is 8.34. The molecule has 120 valence electrons. The zero-order valence-electron chi connectivity index (χ0n) is 12.9. The van der Waals surface area contributed by atoms with Crippen LogP contribution in [-0.2, 0) is 11.2 Å². The van der Waals surface area contributed by atoms with E-state index in [1.165, 1.54) is 0 Å². The highest BCUT2D eigenvalue weighted by atomic mass is 35.5. The van der Waals surface area contributed by atoms with Crippen molar-refractivity contribution in [2.75, 3.05) is 11.9 Å². The molecular formula is C18H19ClN2O2. The third kappa shape index (κ3) is 5.42. The van der Waals surface area contributed by atoms with Gasteiger partial charge < -0.3 is 10.6 Å². The molecule has 0 radical (unpaired) electrons. The molecule has 0 atom stereocenters. The summed E-state index contributed by atoms with van der Waals surface area (Å²) >= 11 is 5.82. The molecule has 2 amide bonds. The fourth-order valence-corrected chi connectivity index (χ4v) is 2.16. The smallest absolute Gasteiger partial charge is 0.251 e. The second-order valence-electron chi connectivity index (χ2n) is 5.18. The minimum atomic E-state index is -0.115. The summed E-state index contributed by atoms with van der Waals surface area (Å²) in [4.78, 5) is 23.8. The van der Waals surface area contributed by atoms with Gasteiger partial charge in [-0.15, -0.1) is 0 Å². The molecule has 2 rings (SSSR count). The first-order valence-electron chi connectivity index (χ1n) is 7.51. The van der Waals surface area contributed by atoms with Gasteiger partial charge in [-0.25, -0.2) is 0 Å². The molecule has 0 aliphatic rings. The Morgan fingerprint density at radius 2 is 1.65 bits per heavy atom. The molecule has 2 aromatic rings. The highest BCUT2D eigenvalue weighted by molar-refractivity contribution is 6.30. The molecule has 2 aromatic carbocycles. The van der Waals surface area contributed by atoms with Crippen molar-refractivity contribution in [3.05, 3.63) is 64.7 Å². The van der Waals surface area contributed by atoms with E-state index < -0.39 is 0 Å². The third-order valence-corrected chi connectivity index (χ3v) is 3.50. The normalized spacial score (nSPS) is 10.2. The van der Waals surface area contributed by atoms with Gasteiger partial charge in [-0.1, -0.05) is 30.7 Å². The Balaban J connectivity index is 1.91. The van der Waals surface area contributed by atoms with E-state index >= 15 is 0 Å². The van der Waals surface area contributed by atoms with Crippen molar-refractivity contribution in [1.29, 1.82) is 0 Å². The van der Waals surface area contributed by atoms with Crippen LogP contribution in [0, 0.1) is 0 Å². The molecule has 0 unspecified atom stereocenters. The Morgan fingerprint density at radius 3 is 2.26 bits per heavy atom. The van der Waals surface area contributed by atoms with Crippen molar-refractivity contribution in [3.63, 3.8) is 0 Å². The molecule has 0 aliphatic carbocycles. The van der Waals surface area contributed by atoms with Crippen LogP contribution in [-0.4, -0.2) is 18.4 Å². The number of rotatable bonds is 6. The largest absolute Gasteiger partial charge is 0.352 e. The van der Waals surface area contributed by atoms with Crippen LogP contribution in [0.2, 0.25) is 5.02 Å². The lowest BCUT2D eigenvalue weighted by Crippen LogP contribution is -2.23. The highest BCUT2D eigenvalue weighted by Gasteiger charge is 2.07. The molecule has 4 nitrogen and oxygen atoms in total. The van der Waals surface area contributed by atoms with E-state index in [2.05, 4.69) is 10.6 Å². The summed E-state index contributed by atoms with van der Waals surface area (Å²) in [7, 11) is 0. The van der Waals surface area contributed by atoms with E-state index in [0.29, 0.717) is 22.8 Å². The van der Waals surface area contributed by atoms with E-state index in [-0.39, 0.29) is 18.2 Å². The van der Waals surface area contributed by atoms with Crippen molar-refractivity contribution in [2.24, 2.45) is 0 Å². The monoisotopic (exact) mass is 330 g/mol. The third-order valence-electron chi connectivity index (χ3n) is 3.24. The van der Waals surface area contributed by atoms with Crippen LogP contribution in [0.5, 0.6) is 0 Å². The lowest BCUT2D eigenvalue weighted by molar-refractivity contribution is -0.115. The number of hydrogen-bond donors (Lipinski definition) is 2. The fourth-order valence-electron chi connectivity index (χ4n) is 2.04. The summed E-state index contributed by atoms with van der Waals surface area (Å²) in [6.45, 7) is 2.65. The zero-order valence-corrected chi connectivity index (χ0v) is 13.7. The average Bonchev–Trinajstić information content (AvgIpc) is 2.55. The summed E-state index contributed by atoms with van der Waals surface area (Å²) in [5.74, 6) is -0.221. The summed E-state index contributed by atoms with van der Waals surface area (Å²) in [6.07, 6.45) is 1.17. The average molecular weight is 331 g/mol. The molecule has 0 aliphatic heterocycles. The van der Waals surface area contributed by atoms with Gasteiger partial charge in [-0.2, -0.15) is 0 Å². The first-order chi connectivity index (χ1) is 11.1. The Bertz CT molecular complexity index is 666. The van der Waals surface area contributed by atoms with Gasteiger partial charge in [0.1, 0.15) is 0 Å². The van der Waals surface area contributed by atoms with E-state index in [9.17, 15) is 9.59 Å². The van der Waals surface area contributed by atoms with Gasteiger partial charge in [0.05, 0.1) is 6.42 Å². The SMILES string of the molecule is CCCNC(=O)c1ccc(NC(=O)Cc2ccc(Cl)cc2)cc1. The van der Waals surface area contributed by atoms with Crippen LogP contribution in [0.4, 0.5) is 5.69 Å². The summed E-state index contributed by atoms with van der Waals surface area (Å²) in [6, 6.07) is 14.0. The van der Waals surface area contributed by atoms with Gasteiger partial charge >= 0.3 is 0 Å². The molecule has 0 bridgehead atoms. The molecule has 0 spiro atoms. The van der Waals surface area contributed by atoms with Gasteiger partial charge in [0.2, 0.25) is 5.91 Å². The molecule has 0 saturated carbocycles. The molecule has 23 heavy (non-hydrogen) atoms. The van der Waals surface area contributed by atoms with Gasteiger partial charge in [-0.05, 0) is 48.4 Å². The van der Waals surface area contributed by atoms with Crippen LogP contribution in [0.1, 0.15) is 29.3 Å². The Hall–Kier alpha value is -2.33. The van der Waals surface area contributed by atoms with Crippen LogP contribution in [0.25, 0.3) is 0 Å². The van der Waals surface area contributed by atoms with Crippen molar-refractivity contribution < 1.29 is 9.59 Å². The molecule has 0 aromatic heterocycles. The van der Waals surface area contributed by atoms with Crippen molar-refractivity contribution in [1.82, 2.24) is 5.32 Å². The van der Waals surface area contributed by atoms with Crippen molar-refractivity contribution in [2.45, 2.75) is 19.8 Å². The Kier molecular flexibility index (Phi) is 6.18. The minimum absolute atomic E-state index is 0.106. The van der Waals surface area contributed by atoms with Crippen LogP contribution >= 0.6 is 11.6 Å². The maximum Gasteiger partial charge on any atom is 0.251 e. The van der Waals surface area contributed by atoms with Gasteiger partial charge in [0.25, 0.3) is 5.91 Å². The van der Waals surface area contributed by atoms with Crippen molar-refractivity contribution >= 4 is 29.1 Å². The predicted octanol–water partition coefficient (Wildman–Crippen LogP) is 3.66. The first kappa shape index (κ1) is 17.0. The number of nitrogens with one attached hydrogen (secondary N) is 2. The number of hydrogen-bond acceptors (Lipinski definition) is 2. The number of amides is 2. The molecular weight excluding hydrogens is 312 g/mol. The van der Waals surface area contributed by atoms with E-state index in [1.807, 2.05) is 19.1 Å². The number of carbonyl (C=O) groups is 2. The van der Waals surface area contributed by atoms with E-state index in [4.69, 9.17) is 11.6 Å². The standard InChI is InChI=1S/C18H19ClN2O2/c1-2-11-20-18(23)14-5-9-16(10-6-14)21-17(22)12-13-3-7-15(19)8-4-13/h3-10H,2,11-12H2,1H3,(H,20,23)(H,21,22). The Labute approximate surface area is 140 Å². The molecule has 0 saturated heterocycles. The molecule has 5 heteroatoms. The number of carbonyl (C=O) groups excluding carboxylic acids is 2. The Morgan fingerprint density at radius 1 is 1.00 bits per heavy atom. The van der Waals surface area contributed by atoms with Crippen molar-refractivity contribution in [3.8, 4) is 0 Å². The second-order valence-corrected chi connectivity index (χ2v) is 5.62. The van der Waals surface area contributed by atoms with Crippen LogP contribution in [0.3, 0.4) is 0 Å². The topological polar surface area (TPSA) is 58.2 Å². The summed E-state index contributed by atoms with van der Waals surface area (Å²) in [5, 5.41) is 6.26. The minimum Gasteiger partial charge on any atom is -0.352 e. The number of halogens is 1. The van der Waals surface area contributed by atoms with Gasteiger partial charge in [0, 0.05) is 22.8 Å². The van der Waals surface area contributed by atoms with Gasteiger partial charge in [0.15, 0.2) is 0 Å². The first-order valence-corrected chi connectivity index (χ1v) is 7.89. The lowest BCUT2D eigenvalue weighted by atomic mass is 10.1. The van der Waals surface area contributed by atoms with E-state index in [0.717, 1.165) is 12.0 Å². The zero-order chi connectivity index (χ0) is 16.7. The summed E-state index contributed by atoms with van der Waals surface area (Å²) < 4.78 is 0. The maximum atomic E-state index is 12.0. The number of benzene rings is 2. The molecule has 0 fully saturated rings. The molecule has 0 heterocycles. The van der Waals surface area contributed by atoms with Crippen LogP contribution in [0.15, 0.2) is 48.5 Å². The fraction of sp³-hybridized carbons (Fsp3) is 0.222.